The molecule has 0 atom stereocenters. The van der Waals surface area contributed by atoms with Crippen LogP contribution in [0.25, 0.3) is 10.9 Å². The Hall–Kier alpha value is -4.61. The molecule has 0 aliphatic rings. The van der Waals surface area contributed by atoms with E-state index in [1.807, 2.05) is 50.2 Å². The summed E-state index contributed by atoms with van der Waals surface area (Å²) in [7, 11) is -4.18. The van der Waals surface area contributed by atoms with Gasteiger partial charge in [0.05, 0.1) is 11.5 Å². The smallest absolute Gasteiger partial charge is 0.281 e. The van der Waals surface area contributed by atoms with Crippen LogP contribution in [0.3, 0.4) is 0 Å². The van der Waals surface area contributed by atoms with E-state index in [0.29, 0.717) is 41.7 Å². The summed E-state index contributed by atoms with van der Waals surface area (Å²) in [5.41, 5.74) is 3.73. The number of aromatic nitrogens is 2. The normalized spacial score (nSPS) is 11.5. The Labute approximate surface area is 260 Å². The van der Waals surface area contributed by atoms with E-state index < -0.39 is 21.8 Å². The second-order valence-electron chi connectivity index (χ2n) is 10.3. The predicted molar refractivity (Wildman–Crippen MR) is 166 cm³/mol. The van der Waals surface area contributed by atoms with Gasteiger partial charge in [0.25, 0.3) is 21.8 Å². The first-order valence-electron chi connectivity index (χ1n) is 13.9. The van der Waals surface area contributed by atoms with Crippen molar-refractivity contribution in [3.8, 4) is 5.75 Å². The van der Waals surface area contributed by atoms with Crippen LogP contribution in [0.1, 0.15) is 49.8 Å². The Bertz CT molecular complexity index is 1920. The Balaban J connectivity index is 1.25. The molecule has 10 nitrogen and oxygen atoms in total. The predicted octanol–water partition coefficient (Wildman–Crippen LogP) is 5.73. The second kappa shape index (κ2) is 12.9. The number of nitrogens with one attached hydrogen (secondary N) is 2. The largest absolute Gasteiger partial charge is 0.494 e. The lowest BCUT2D eigenvalue weighted by molar-refractivity contribution is 0.0942. The van der Waals surface area contributed by atoms with Crippen LogP contribution in [0.15, 0.2) is 82.4 Å². The number of rotatable bonds is 11. The fourth-order valence-corrected chi connectivity index (χ4v) is 5.92. The molecule has 2 N–H and O–H groups in total. The summed E-state index contributed by atoms with van der Waals surface area (Å²) in [5.74, 6) is -0.0397. The van der Waals surface area contributed by atoms with Gasteiger partial charge in [-0.3, -0.25) is 9.59 Å². The van der Waals surface area contributed by atoms with E-state index in [1.54, 1.807) is 29.7 Å². The van der Waals surface area contributed by atoms with Crippen molar-refractivity contribution in [1.82, 2.24) is 19.6 Å². The minimum atomic E-state index is -4.18. The van der Waals surface area contributed by atoms with Gasteiger partial charge in [0, 0.05) is 29.0 Å². The number of carbonyl (C=O) groups is 2. The minimum absolute atomic E-state index is 0.0853. The van der Waals surface area contributed by atoms with E-state index in [0.717, 1.165) is 22.0 Å². The van der Waals surface area contributed by atoms with Crippen LogP contribution in [0.5, 0.6) is 5.75 Å². The van der Waals surface area contributed by atoms with E-state index in [2.05, 4.69) is 15.0 Å². The maximum Gasteiger partial charge on any atom is 0.281 e. The standard InChI is InChI=1S/C32H31ClN4O6S/c1-20-15-25(16-21(2)29(20)33)42-14-6-13-37-27-8-5-4-7-24(27)17-28(37)31(38)36-44(40,41)26-11-9-23(10-12-26)18-34-32(39)30-22(3)43-19-35-30/h4-5,7-12,15-17,19H,6,13-14,18H2,1-3H3,(H,34,39)(H,36,38). The topological polar surface area (TPSA) is 133 Å². The highest BCUT2D eigenvalue weighted by Crippen LogP contribution is 2.26. The van der Waals surface area contributed by atoms with E-state index in [9.17, 15) is 18.0 Å². The van der Waals surface area contributed by atoms with Gasteiger partial charge in [-0.15, -0.1) is 0 Å². The molecule has 2 heterocycles. The first-order chi connectivity index (χ1) is 21.0. The average molecular weight is 635 g/mol. The molecule has 0 aliphatic heterocycles. The molecule has 0 spiro atoms. The molecular weight excluding hydrogens is 604 g/mol. The Morgan fingerprint density at radius 2 is 1.68 bits per heavy atom. The van der Waals surface area contributed by atoms with Gasteiger partial charge in [0.15, 0.2) is 12.1 Å². The van der Waals surface area contributed by atoms with Crippen LogP contribution in [0.2, 0.25) is 5.02 Å². The fraction of sp³-hybridized carbons (Fsp3) is 0.219. The van der Waals surface area contributed by atoms with Gasteiger partial charge in [-0.2, -0.15) is 0 Å². The number of ether oxygens (including phenoxy) is 1. The number of amides is 2. The minimum Gasteiger partial charge on any atom is -0.494 e. The first kappa shape index (κ1) is 30.8. The molecule has 0 aliphatic carbocycles. The van der Waals surface area contributed by atoms with Crippen molar-refractivity contribution < 1.29 is 27.2 Å². The van der Waals surface area contributed by atoms with Crippen LogP contribution >= 0.6 is 11.6 Å². The number of oxazole rings is 1. The van der Waals surface area contributed by atoms with Crippen molar-refractivity contribution in [1.29, 1.82) is 0 Å². The third kappa shape index (κ3) is 6.79. The Kier molecular flexibility index (Phi) is 9.07. The van der Waals surface area contributed by atoms with Gasteiger partial charge in [-0.05, 0) is 80.3 Å². The zero-order valence-electron chi connectivity index (χ0n) is 24.4. The number of aryl methyl sites for hydroxylation is 4. The summed E-state index contributed by atoms with van der Waals surface area (Å²) in [6, 6.07) is 18.8. The van der Waals surface area contributed by atoms with Crippen LogP contribution in [-0.2, 0) is 23.1 Å². The lowest BCUT2D eigenvalue weighted by atomic mass is 10.1. The number of nitrogens with zero attached hydrogens (tertiary/aromatic N) is 2. The molecule has 5 rings (SSSR count). The van der Waals surface area contributed by atoms with Gasteiger partial charge < -0.3 is 19.0 Å². The zero-order chi connectivity index (χ0) is 31.4. The lowest BCUT2D eigenvalue weighted by Gasteiger charge is -2.13. The number of hydrogen-bond acceptors (Lipinski definition) is 7. The van der Waals surface area contributed by atoms with Crippen molar-refractivity contribution in [2.24, 2.45) is 0 Å². The van der Waals surface area contributed by atoms with Crippen LogP contribution < -0.4 is 14.8 Å². The first-order valence-corrected chi connectivity index (χ1v) is 15.7. The molecule has 3 aromatic carbocycles. The molecule has 0 fully saturated rings. The molecular formula is C32H31ClN4O6S. The highest BCUT2D eigenvalue weighted by atomic mass is 35.5. The summed E-state index contributed by atoms with van der Waals surface area (Å²) >= 11 is 6.26. The number of sulfonamides is 1. The van der Waals surface area contributed by atoms with Gasteiger partial charge in [-0.25, -0.2) is 18.1 Å². The van der Waals surface area contributed by atoms with Gasteiger partial charge in [0.2, 0.25) is 0 Å². The number of halogens is 1. The summed E-state index contributed by atoms with van der Waals surface area (Å²) < 4.78 is 41.3. The summed E-state index contributed by atoms with van der Waals surface area (Å²) in [6.45, 7) is 6.44. The number of benzene rings is 3. The molecule has 2 amide bonds. The molecule has 12 heteroatoms. The number of hydrogen-bond donors (Lipinski definition) is 2. The van der Waals surface area contributed by atoms with E-state index >= 15 is 0 Å². The van der Waals surface area contributed by atoms with Crippen molar-refractivity contribution in [2.75, 3.05) is 6.61 Å². The molecule has 0 bridgehead atoms. The summed E-state index contributed by atoms with van der Waals surface area (Å²) in [5, 5.41) is 4.23. The molecule has 0 saturated carbocycles. The highest BCUT2D eigenvalue weighted by molar-refractivity contribution is 7.90. The van der Waals surface area contributed by atoms with Crippen molar-refractivity contribution in [2.45, 2.75) is 45.2 Å². The maximum atomic E-state index is 13.4. The molecule has 5 aromatic rings. The third-order valence-electron chi connectivity index (χ3n) is 7.12. The molecule has 228 valence electrons. The highest BCUT2D eigenvalue weighted by Gasteiger charge is 2.23. The van der Waals surface area contributed by atoms with Gasteiger partial charge in [-0.1, -0.05) is 41.9 Å². The Morgan fingerprint density at radius 3 is 2.36 bits per heavy atom. The van der Waals surface area contributed by atoms with Crippen LogP contribution in [0, 0.1) is 20.8 Å². The van der Waals surface area contributed by atoms with Crippen molar-refractivity contribution >= 4 is 44.3 Å². The van der Waals surface area contributed by atoms with Crippen LogP contribution in [-0.4, -0.2) is 36.4 Å². The molecule has 0 unspecified atom stereocenters. The van der Waals surface area contributed by atoms with Gasteiger partial charge in [0.1, 0.15) is 17.2 Å². The lowest BCUT2D eigenvalue weighted by Crippen LogP contribution is -2.32. The SMILES string of the molecule is Cc1cc(OCCCn2c(C(=O)NS(=O)(=O)c3ccc(CNC(=O)c4ncoc4C)cc3)cc3ccccc32)cc(C)c1Cl. The van der Waals surface area contributed by atoms with E-state index in [-0.39, 0.29) is 22.8 Å². The molecule has 44 heavy (non-hydrogen) atoms. The van der Waals surface area contributed by atoms with Crippen LogP contribution in [0.4, 0.5) is 0 Å². The zero-order valence-corrected chi connectivity index (χ0v) is 26.0. The van der Waals surface area contributed by atoms with E-state index in [4.69, 9.17) is 20.8 Å². The van der Waals surface area contributed by atoms with Crippen molar-refractivity contribution in [3.05, 3.63) is 112 Å². The number of fused-ring (bicyclic) bond motifs is 1. The maximum absolute atomic E-state index is 13.4. The summed E-state index contributed by atoms with van der Waals surface area (Å²) in [6.07, 6.45) is 1.76. The monoisotopic (exact) mass is 634 g/mol. The third-order valence-corrected chi connectivity index (χ3v) is 9.06. The van der Waals surface area contributed by atoms with Gasteiger partial charge >= 0.3 is 0 Å². The number of carbonyl (C=O) groups excluding carboxylic acids is 2. The summed E-state index contributed by atoms with van der Waals surface area (Å²) in [4.78, 5) is 29.4. The molecule has 0 radical (unpaired) electrons. The Morgan fingerprint density at radius 1 is 0.977 bits per heavy atom. The second-order valence-corrected chi connectivity index (χ2v) is 12.4. The van der Waals surface area contributed by atoms with E-state index in [1.165, 1.54) is 18.5 Å². The van der Waals surface area contributed by atoms with Crippen molar-refractivity contribution in [3.63, 3.8) is 0 Å². The fourth-order valence-electron chi connectivity index (χ4n) is 4.85. The average Bonchev–Trinajstić information content (AvgIpc) is 3.60. The quantitative estimate of drug-likeness (QED) is 0.177. The molecule has 2 aromatic heterocycles. The molecule has 0 saturated heterocycles. The number of para-hydroxylation sites is 1.